The molecule has 27 heavy (non-hydrogen) atoms. The SMILES string of the molecule is O=C(Nc1ccccc1)Nc1ccc(C(=O)Nc2cc(Cl)ccc2O)cc1. The lowest BCUT2D eigenvalue weighted by Crippen LogP contribution is -2.19. The number of para-hydroxylation sites is 1. The second kappa shape index (κ2) is 8.25. The highest BCUT2D eigenvalue weighted by Crippen LogP contribution is 2.27. The van der Waals surface area contributed by atoms with Crippen molar-refractivity contribution in [2.75, 3.05) is 16.0 Å². The average molecular weight is 382 g/mol. The van der Waals surface area contributed by atoms with Gasteiger partial charge in [-0.1, -0.05) is 29.8 Å². The van der Waals surface area contributed by atoms with Crippen molar-refractivity contribution >= 4 is 40.6 Å². The maximum Gasteiger partial charge on any atom is 0.323 e. The van der Waals surface area contributed by atoms with E-state index in [-0.39, 0.29) is 17.5 Å². The monoisotopic (exact) mass is 381 g/mol. The fraction of sp³-hybridized carbons (Fsp3) is 0. The Bertz CT molecular complexity index is 960. The summed E-state index contributed by atoms with van der Waals surface area (Å²) < 4.78 is 0. The Morgan fingerprint density at radius 1 is 0.778 bits per heavy atom. The number of phenolic OH excluding ortho intramolecular Hbond substituents is 1. The van der Waals surface area contributed by atoms with Crippen molar-refractivity contribution in [2.24, 2.45) is 0 Å². The Morgan fingerprint density at radius 3 is 2.07 bits per heavy atom. The van der Waals surface area contributed by atoms with E-state index in [1.165, 1.54) is 18.2 Å². The number of anilines is 3. The zero-order chi connectivity index (χ0) is 19.2. The van der Waals surface area contributed by atoms with Gasteiger partial charge >= 0.3 is 6.03 Å². The minimum absolute atomic E-state index is 0.0800. The van der Waals surface area contributed by atoms with Gasteiger partial charge in [0.25, 0.3) is 5.91 Å². The van der Waals surface area contributed by atoms with E-state index >= 15 is 0 Å². The van der Waals surface area contributed by atoms with Crippen LogP contribution in [-0.2, 0) is 0 Å². The minimum atomic E-state index is -0.409. The van der Waals surface area contributed by atoms with Crippen LogP contribution >= 0.6 is 11.6 Å². The molecule has 6 nitrogen and oxygen atoms in total. The van der Waals surface area contributed by atoms with Crippen LogP contribution in [0.3, 0.4) is 0 Å². The zero-order valence-electron chi connectivity index (χ0n) is 14.1. The Hall–Kier alpha value is -3.51. The lowest BCUT2D eigenvalue weighted by atomic mass is 10.2. The molecule has 0 unspecified atom stereocenters. The number of carbonyl (C=O) groups excluding carboxylic acids is 2. The van der Waals surface area contributed by atoms with E-state index in [9.17, 15) is 14.7 Å². The molecule has 0 aliphatic carbocycles. The summed E-state index contributed by atoms with van der Waals surface area (Å²) in [5.41, 5.74) is 1.79. The molecule has 0 aliphatic rings. The third-order valence-electron chi connectivity index (χ3n) is 3.64. The van der Waals surface area contributed by atoms with E-state index in [2.05, 4.69) is 16.0 Å². The highest BCUT2D eigenvalue weighted by Gasteiger charge is 2.10. The van der Waals surface area contributed by atoms with Crippen molar-refractivity contribution in [2.45, 2.75) is 0 Å². The number of phenols is 1. The third kappa shape index (κ3) is 4.99. The van der Waals surface area contributed by atoms with Gasteiger partial charge in [0.2, 0.25) is 0 Å². The van der Waals surface area contributed by atoms with Gasteiger partial charge in [-0.15, -0.1) is 0 Å². The molecule has 3 amide bonds. The van der Waals surface area contributed by atoms with E-state index in [4.69, 9.17) is 11.6 Å². The van der Waals surface area contributed by atoms with Crippen molar-refractivity contribution in [3.63, 3.8) is 0 Å². The van der Waals surface area contributed by atoms with Crippen LogP contribution in [0.5, 0.6) is 5.75 Å². The summed E-state index contributed by atoms with van der Waals surface area (Å²) in [5, 5.41) is 18.1. The second-order valence-electron chi connectivity index (χ2n) is 5.64. The third-order valence-corrected chi connectivity index (χ3v) is 3.88. The topological polar surface area (TPSA) is 90.5 Å². The van der Waals surface area contributed by atoms with Gasteiger partial charge in [0.05, 0.1) is 5.69 Å². The number of aromatic hydroxyl groups is 1. The Labute approximate surface area is 160 Å². The van der Waals surface area contributed by atoms with Crippen molar-refractivity contribution in [1.82, 2.24) is 0 Å². The molecule has 0 spiro atoms. The molecule has 0 saturated carbocycles. The number of rotatable bonds is 4. The number of benzene rings is 3. The number of hydrogen-bond donors (Lipinski definition) is 4. The van der Waals surface area contributed by atoms with Crippen molar-refractivity contribution in [1.29, 1.82) is 0 Å². The quantitative estimate of drug-likeness (QED) is 0.482. The molecule has 0 bridgehead atoms. The molecule has 0 radical (unpaired) electrons. The molecule has 7 heteroatoms. The Morgan fingerprint density at radius 2 is 1.41 bits per heavy atom. The van der Waals surface area contributed by atoms with Crippen molar-refractivity contribution < 1.29 is 14.7 Å². The molecule has 0 saturated heterocycles. The zero-order valence-corrected chi connectivity index (χ0v) is 14.8. The number of halogens is 1. The van der Waals surface area contributed by atoms with E-state index in [0.29, 0.717) is 22.0 Å². The number of hydrogen-bond acceptors (Lipinski definition) is 3. The molecule has 0 fully saturated rings. The standard InChI is InChI=1S/C20H16ClN3O3/c21-14-8-11-18(25)17(12-14)24-19(26)13-6-9-16(10-7-13)23-20(27)22-15-4-2-1-3-5-15/h1-12,25H,(H,24,26)(H2,22,23,27). The summed E-state index contributed by atoms with van der Waals surface area (Å²) in [5.74, 6) is -0.489. The molecular formula is C20H16ClN3O3. The van der Waals surface area contributed by atoms with Gasteiger partial charge in [-0.3, -0.25) is 4.79 Å². The van der Waals surface area contributed by atoms with Crippen LogP contribution in [0, 0.1) is 0 Å². The first-order valence-corrected chi connectivity index (χ1v) is 8.42. The van der Waals surface area contributed by atoms with E-state index in [1.807, 2.05) is 18.2 Å². The lowest BCUT2D eigenvalue weighted by molar-refractivity contribution is 0.102. The average Bonchev–Trinajstić information content (AvgIpc) is 2.66. The van der Waals surface area contributed by atoms with Gasteiger partial charge in [0.1, 0.15) is 5.75 Å². The van der Waals surface area contributed by atoms with Crippen molar-refractivity contribution in [3.05, 3.63) is 83.4 Å². The van der Waals surface area contributed by atoms with Gasteiger partial charge in [0.15, 0.2) is 0 Å². The van der Waals surface area contributed by atoms with Gasteiger partial charge in [-0.05, 0) is 54.6 Å². The first kappa shape index (κ1) is 18.3. The lowest BCUT2D eigenvalue weighted by Gasteiger charge is -2.10. The fourth-order valence-corrected chi connectivity index (χ4v) is 2.49. The van der Waals surface area contributed by atoms with Crippen molar-refractivity contribution in [3.8, 4) is 5.75 Å². The maximum absolute atomic E-state index is 12.3. The van der Waals surface area contributed by atoms with Crippen LogP contribution in [0.15, 0.2) is 72.8 Å². The summed E-state index contributed by atoms with van der Waals surface area (Å²) in [6.07, 6.45) is 0. The molecule has 0 heterocycles. The molecule has 3 aromatic rings. The van der Waals surface area contributed by atoms with Gasteiger partial charge < -0.3 is 21.1 Å². The smallest absolute Gasteiger partial charge is 0.323 e. The number of nitrogens with one attached hydrogen (secondary N) is 3. The molecule has 0 atom stereocenters. The summed E-state index contributed by atoms with van der Waals surface area (Å²) in [6, 6.07) is 19.4. The molecular weight excluding hydrogens is 366 g/mol. The van der Waals surface area contributed by atoms with Crippen LogP contribution in [0.25, 0.3) is 0 Å². The number of urea groups is 1. The normalized spacial score (nSPS) is 10.1. The molecule has 3 rings (SSSR count). The summed E-state index contributed by atoms with van der Waals surface area (Å²) >= 11 is 5.86. The molecule has 4 N–H and O–H groups in total. The minimum Gasteiger partial charge on any atom is -0.506 e. The van der Waals surface area contributed by atoms with Gasteiger partial charge in [0, 0.05) is 22.0 Å². The summed E-state index contributed by atoms with van der Waals surface area (Å²) in [7, 11) is 0. The van der Waals surface area contributed by atoms with Crippen LogP contribution in [0.2, 0.25) is 5.02 Å². The first-order valence-electron chi connectivity index (χ1n) is 8.04. The number of amides is 3. The highest BCUT2D eigenvalue weighted by atomic mass is 35.5. The summed E-state index contributed by atoms with van der Waals surface area (Å²) in [6.45, 7) is 0. The molecule has 0 aliphatic heterocycles. The molecule has 0 aromatic heterocycles. The van der Waals surface area contributed by atoms with Gasteiger partial charge in [-0.2, -0.15) is 0 Å². The van der Waals surface area contributed by atoms with Crippen LogP contribution in [0.4, 0.5) is 21.9 Å². The number of carbonyl (C=O) groups is 2. The maximum atomic E-state index is 12.3. The van der Waals surface area contributed by atoms with E-state index < -0.39 is 5.91 Å². The molecule has 136 valence electrons. The fourth-order valence-electron chi connectivity index (χ4n) is 2.32. The largest absolute Gasteiger partial charge is 0.506 e. The van der Waals surface area contributed by atoms with E-state index in [1.54, 1.807) is 36.4 Å². The van der Waals surface area contributed by atoms with Gasteiger partial charge in [-0.25, -0.2) is 4.79 Å². The predicted molar refractivity (Wildman–Crippen MR) is 107 cm³/mol. The van der Waals surface area contributed by atoms with Crippen LogP contribution in [-0.4, -0.2) is 17.0 Å². The second-order valence-corrected chi connectivity index (χ2v) is 6.07. The van der Waals surface area contributed by atoms with Crippen LogP contribution < -0.4 is 16.0 Å². The van der Waals surface area contributed by atoms with Crippen LogP contribution in [0.1, 0.15) is 10.4 Å². The van der Waals surface area contributed by atoms with E-state index in [0.717, 1.165) is 0 Å². The predicted octanol–water partition coefficient (Wildman–Crippen LogP) is 4.94. The molecule has 3 aromatic carbocycles. The summed E-state index contributed by atoms with van der Waals surface area (Å²) in [4.78, 5) is 24.3. The highest BCUT2D eigenvalue weighted by molar-refractivity contribution is 6.31. The Kier molecular flexibility index (Phi) is 5.58. The first-order chi connectivity index (χ1) is 13.0. The Balaban J connectivity index is 1.62.